The summed E-state index contributed by atoms with van der Waals surface area (Å²) < 4.78 is 0. The number of anilines is 1. The first kappa shape index (κ1) is 13.6. The van der Waals surface area contributed by atoms with Crippen molar-refractivity contribution in [2.75, 3.05) is 5.32 Å². The maximum absolute atomic E-state index is 12.0. The molecular formula is C16H16ClNO. The van der Waals surface area contributed by atoms with E-state index in [1.54, 1.807) is 0 Å². The Hall–Kier alpha value is -1.80. The van der Waals surface area contributed by atoms with Crippen molar-refractivity contribution in [2.24, 2.45) is 0 Å². The van der Waals surface area contributed by atoms with Gasteiger partial charge in [0.25, 0.3) is 0 Å². The summed E-state index contributed by atoms with van der Waals surface area (Å²) in [7, 11) is 0. The molecule has 2 aromatic rings. The van der Waals surface area contributed by atoms with Gasteiger partial charge in [-0.1, -0.05) is 48.0 Å². The Morgan fingerprint density at radius 1 is 1.16 bits per heavy atom. The van der Waals surface area contributed by atoms with Crippen LogP contribution in [-0.4, -0.2) is 5.91 Å². The molecule has 0 spiro atoms. The molecule has 0 bridgehead atoms. The van der Waals surface area contributed by atoms with Gasteiger partial charge in [0.05, 0.1) is 17.1 Å². The van der Waals surface area contributed by atoms with Crippen LogP contribution >= 0.6 is 11.6 Å². The summed E-state index contributed by atoms with van der Waals surface area (Å²) in [6.07, 6.45) is 0.352. The Balaban J connectivity index is 2.12. The van der Waals surface area contributed by atoms with Crippen LogP contribution in [0.25, 0.3) is 0 Å². The van der Waals surface area contributed by atoms with E-state index in [9.17, 15) is 4.79 Å². The summed E-state index contributed by atoms with van der Waals surface area (Å²) in [6, 6.07) is 13.5. The van der Waals surface area contributed by atoms with Gasteiger partial charge in [-0.3, -0.25) is 4.79 Å². The zero-order valence-electron chi connectivity index (χ0n) is 11.0. The Morgan fingerprint density at radius 3 is 2.47 bits per heavy atom. The summed E-state index contributed by atoms with van der Waals surface area (Å²) in [5.41, 5.74) is 3.75. The molecule has 2 nitrogen and oxygen atoms in total. The van der Waals surface area contributed by atoms with Gasteiger partial charge in [0, 0.05) is 0 Å². The van der Waals surface area contributed by atoms with E-state index in [1.807, 2.05) is 56.3 Å². The molecule has 0 aliphatic carbocycles. The predicted molar refractivity (Wildman–Crippen MR) is 79.7 cm³/mol. The lowest BCUT2D eigenvalue weighted by Crippen LogP contribution is -2.15. The highest BCUT2D eigenvalue weighted by atomic mass is 35.5. The van der Waals surface area contributed by atoms with Crippen molar-refractivity contribution in [3.63, 3.8) is 0 Å². The maximum Gasteiger partial charge on any atom is 0.228 e. The van der Waals surface area contributed by atoms with Gasteiger partial charge in [0.2, 0.25) is 5.91 Å². The third kappa shape index (κ3) is 3.58. The number of carbonyl (C=O) groups excluding carboxylic acids is 1. The molecule has 0 aromatic heterocycles. The number of amides is 1. The molecule has 3 heteroatoms. The number of rotatable bonds is 3. The summed E-state index contributed by atoms with van der Waals surface area (Å²) in [5, 5.41) is 3.47. The van der Waals surface area contributed by atoms with E-state index in [1.165, 1.54) is 0 Å². The molecule has 0 unspecified atom stereocenters. The first-order chi connectivity index (χ1) is 9.06. The Kier molecular flexibility index (Phi) is 4.23. The Bertz CT molecular complexity index is 570. The Morgan fingerprint density at radius 2 is 1.84 bits per heavy atom. The van der Waals surface area contributed by atoms with E-state index in [2.05, 4.69) is 5.32 Å². The Labute approximate surface area is 118 Å². The van der Waals surface area contributed by atoms with Gasteiger partial charge in [0.1, 0.15) is 0 Å². The van der Waals surface area contributed by atoms with Crippen molar-refractivity contribution in [1.29, 1.82) is 0 Å². The van der Waals surface area contributed by atoms with Crippen LogP contribution in [0.15, 0.2) is 42.5 Å². The molecule has 0 aliphatic heterocycles. The molecule has 0 atom stereocenters. The van der Waals surface area contributed by atoms with Gasteiger partial charge in [-0.2, -0.15) is 0 Å². The fourth-order valence-electron chi connectivity index (χ4n) is 2.04. The maximum atomic E-state index is 12.0. The first-order valence-electron chi connectivity index (χ1n) is 6.17. The second-order valence-corrected chi connectivity index (χ2v) is 5.06. The highest BCUT2D eigenvalue weighted by molar-refractivity contribution is 6.34. The van der Waals surface area contributed by atoms with Gasteiger partial charge >= 0.3 is 0 Å². The van der Waals surface area contributed by atoms with Crippen molar-refractivity contribution in [1.82, 2.24) is 0 Å². The lowest BCUT2D eigenvalue weighted by Gasteiger charge is -2.11. The highest BCUT2D eigenvalue weighted by Gasteiger charge is 2.09. The van der Waals surface area contributed by atoms with E-state index in [-0.39, 0.29) is 5.91 Å². The average Bonchev–Trinajstić information content (AvgIpc) is 2.35. The molecule has 0 radical (unpaired) electrons. The van der Waals surface area contributed by atoms with Gasteiger partial charge in [-0.15, -0.1) is 0 Å². The number of hydrogen-bond acceptors (Lipinski definition) is 1. The normalized spacial score (nSPS) is 10.3. The molecule has 98 valence electrons. The van der Waals surface area contributed by atoms with Crippen LogP contribution in [0, 0.1) is 13.8 Å². The van der Waals surface area contributed by atoms with Crippen LogP contribution < -0.4 is 5.32 Å². The number of benzene rings is 2. The molecule has 0 aliphatic rings. The minimum Gasteiger partial charge on any atom is -0.324 e. The van der Waals surface area contributed by atoms with E-state index >= 15 is 0 Å². The average molecular weight is 274 g/mol. The molecule has 0 heterocycles. The molecule has 0 fully saturated rings. The van der Waals surface area contributed by atoms with Gasteiger partial charge < -0.3 is 5.32 Å². The second-order valence-electron chi connectivity index (χ2n) is 4.65. The van der Waals surface area contributed by atoms with Crippen LogP contribution in [0.4, 0.5) is 5.69 Å². The summed E-state index contributed by atoms with van der Waals surface area (Å²) >= 11 is 6.17. The van der Waals surface area contributed by atoms with Gasteiger partial charge in [0.15, 0.2) is 0 Å². The fraction of sp³-hybridized carbons (Fsp3) is 0.188. The van der Waals surface area contributed by atoms with Gasteiger partial charge in [-0.25, -0.2) is 0 Å². The van der Waals surface area contributed by atoms with Crippen LogP contribution in [0.3, 0.4) is 0 Å². The SMILES string of the molecule is Cc1cc(C)c(NC(=O)Cc2ccccc2)c(Cl)c1. The van der Waals surface area contributed by atoms with Crippen LogP contribution in [0.5, 0.6) is 0 Å². The van der Waals surface area contributed by atoms with Gasteiger partial charge in [-0.05, 0) is 36.6 Å². The van der Waals surface area contributed by atoms with Crippen LogP contribution in [0.2, 0.25) is 5.02 Å². The molecule has 0 saturated heterocycles. The zero-order chi connectivity index (χ0) is 13.8. The largest absolute Gasteiger partial charge is 0.324 e. The molecule has 0 saturated carbocycles. The number of carbonyl (C=O) groups is 1. The number of halogens is 1. The lowest BCUT2D eigenvalue weighted by molar-refractivity contribution is -0.115. The quantitative estimate of drug-likeness (QED) is 0.895. The molecule has 2 aromatic carbocycles. The number of aryl methyl sites for hydroxylation is 2. The standard InChI is InChI=1S/C16H16ClNO/c1-11-8-12(2)16(14(17)9-11)18-15(19)10-13-6-4-3-5-7-13/h3-9H,10H2,1-2H3,(H,18,19). The summed E-state index contributed by atoms with van der Waals surface area (Å²) in [6.45, 7) is 3.92. The number of nitrogens with one attached hydrogen (secondary N) is 1. The fourth-order valence-corrected chi connectivity index (χ4v) is 2.41. The van der Waals surface area contributed by atoms with Crippen molar-refractivity contribution in [3.8, 4) is 0 Å². The van der Waals surface area contributed by atoms with Crippen molar-refractivity contribution >= 4 is 23.2 Å². The second kappa shape index (κ2) is 5.89. The van der Waals surface area contributed by atoms with Crippen molar-refractivity contribution in [2.45, 2.75) is 20.3 Å². The first-order valence-corrected chi connectivity index (χ1v) is 6.54. The van der Waals surface area contributed by atoms with E-state index < -0.39 is 0 Å². The van der Waals surface area contributed by atoms with Crippen molar-refractivity contribution in [3.05, 3.63) is 64.2 Å². The molecule has 2 rings (SSSR count). The van der Waals surface area contributed by atoms with Crippen molar-refractivity contribution < 1.29 is 4.79 Å². The summed E-state index contributed by atoms with van der Waals surface area (Å²) in [5.74, 6) is -0.0555. The predicted octanol–water partition coefficient (Wildman–Crippen LogP) is 4.14. The molecule has 1 amide bonds. The minimum atomic E-state index is -0.0555. The summed E-state index contributed by atoms with van der Waals surface area (Å²) in [4.78, 5) is 12.0. The van der Waals surface area contributed by atoms with Crippen LogP contribution in [-0.2, 0) is 11.2 Å². The zero-order valence-corrected chi connectivity index (χ0v) is 11.8. The third-order valence-electron chi connectivity index (χ3n) is 2.90. The molecule has 19 heavy (non-hydrogen) atoms. The number of hydrogen-bond donors (Lipinski definition) is 1. The van der Waals surface area contributed by atoms with E-state index in [4.69, 9.17) is 11.6 Å². The third-order valence-corrected chi connectivity index (χ3v) is 3.20. The topological polar surface area (TPSA) is 29.1 Å². The molecule has 1 N–H and O–H groups in total. The highest BCUT2D eigenvalue weighted by Crippen LogP contribution is 2.27. The lowest BCUT2D eigenvalue weighted by atomic mass is 10.1. The van der Waals surface area contributed by atoms with Crippen LogP contribution in [0.1, 0.15) is 16.7 Å². The van der Waals surface area contributed by atoms with E-state index in [0.717, 1.165) is 16.7 Å². The monoisotopic (exact) mass is 273 g/mol. The minimum absolute atomic E-state index is 0.0555. The van der Waals surface area contributed by atoms with E-state index in [0.29, 0.717) is 17.1 Å². The smallest absolute Gasteiger partial charge is 0.228 e. The molecular weight excluding hydrogens is 258 g/mol.